The van der Waals surface area contributed by atoms with E-state index in [-0.39, 0.29) is 11.8 Å². The van der Waals surface area contributed by atoms with Gasteiger partial charge in [0.15, 0.2) is 5.82 Å². The average Bonchev–Trinajstić information content (AvgIpc) is 3.45. The SMILES string of the molecule is COc1ccc(N2CCN(C(=O)C3(C(=O)Nc4cc(C)on4)CC3)CC2)cc1. The van der Waals surface area contributed by atoms with Crippen molar-refractivity contribution in [3.8, 4) is 5.75 Å². The first kappa shape index (κ1) is 18.3. The normalized spacial score (nSPS) is 17.9. The third-order valence-corrected chi connectivity index (χ3v) is 5.47. The Hall–Kier alpha value is -3.03. The van der Waals surface area contributed by atoms with Gasteiger partial charge in [0.2, 0.25) is 11.8 Å². The number of rotatable bonds is 5. The van der Waals surface area contributed by atoms with E-state index in [9.17, 15) is 9.59 Å². The van der Waals surface area contributed by atoms with Crippen molar-refractivity contribution in [1.82, 2.24) is 10.1 Å². The van der Waals surface area contributed by atoms with Crippen LogP contribution in [-0.2, 0) is 9.59 Å². The number of aryl methyl sites for hydroxylation is 1. The van der Waals surface area contributed by atoms with Crippen LogP contribution < -0.4 is 15.0 Å². The molecule has 0 unspecified atom stereocenters. The highest BCUT2D eigenvalue weighted by atomic mass is 16.5. The second-order valence-corrected chi connectivity index (χ2v) is 7.34. The Bertz CT molecular complexity index is 865. The van der Waals surface area contributed by atoms with Crippen LogP contribution in [0.5, 0.6) is 5.75 Å². The number of hydrogen-bond donors (Lipinski definition) is 1. The molecule has 1 saturated heterocycles. The lowest BCUT2D eigenvalue weighted by molar-refractivity contribution is -0.142. The largest absolute Gasteiger partial charge is 0.497 e. The molecule has 1 aromatic heterocycles. The van der Waals surface area contributed by atoms with E-state index in [4.69, 9.17) is 9.26 Å². The number of amides is 2. The van der Waals surface area contributed by atoms with E-state index in [0.717, 1.165) is 24.5 Å². The number of nitrogens with zero attached hydrogens (tertiary/aromatic N) is 3. The maximum absolute atomic E-state index is 13.0. The van der Waals surface area contributed by atoms with Gasteiger partial charge in [-0.1, -0.05) is 5.16 Å². The Morgan fingerprint density at radius 3 is 2.36 bits per heavy atom. The Kier molecular flexibility index (Phi) is 4.70. The fraction of sp³-hybridized carbons (Fsp3) is 0.450. The van der Waals surface area contributed by atoms with Crippen molar-refractivity contribution in [1.29, 1.82) is 0 Å². The van der Waals surface area contributed by atoms with Gasteiger partial charge in [-0.25, -0.2) is 0 Å². The predicted octanol–water partition coefficient (Wildman–Crippen LogP) is 2.06. The van der Waals surface area contributed by atoms with Crippen LogP contribution >= 0.6 is 0 Å². The fourth-order valence-electron chi connectivity index (χ4n) is 3.59. The topological polar surface area (TPSA) is 87.9 Å². The summed E-state index contributed by atoms with van der Waals surface area (Å²) >= 11 is 0. The highest BCUT2D eigenvalue weighted by Crippen LogP contribution is 2.48. The van der Waals surface area contributed by atoms with Crippen LogP contribution in [0.2, 0.25) is 0 Å². The molecule has 148 valence electrons. The summed E-state index contributed by atoms with van der Waals surface area (Å²) in [6.07, 6.45) is 1.15. The molecular weight excluding hydrogens is 360 g/mol. The molecule has 2 aliphatic rings. The van der Waals surface area contributed by atoms with Gasteiger partial charge in [-0.15, -0.1) is 0 Å². The molecule has 1 saturated carbocycles. The monoisotopic (exact) mass is 384 g/mol. The van der Waals surface area contributed by atoms with Gasteiger partial charge in [0, 0.05) is 37.9 Å². The number of carbonyl (C=O) groups excluding carboxylic acids is 2. The molecule has 4 rings (SSSR count). The summed E-state index contributed by atoms with van der Waals surface area (Å²) in [5.41, 5.74) is 0.156. The molecule has 1 aliphatic carbocycles. The second-order valence-electron chi connectivity index (χ2n) is 7.34. The number of carbonyl (C=O) groups is 2. The molecule has 1 N–H and O–H groups in total. The minimum absolute atomic E-state index is 0.0837. The number of nitrogens with one attached hydrogen (secondary N) is 1. The van der Waals surface area contributed by atoms with E-state index >= 15 is 0 Å². The van der Waals surface area contributed by atoms with Gasteiger partial charge in [0.05, 0.1) is 7.11 Å². The van der Waals surface area contributed by atoms with Gasteiger partial charge in [0.25, 0.3) is 0 Å². The Morgan fingerprint density at radius 2 is 1.82 bits per heavy atom. The average molecular weight is 384 g/mol. The maximum atomic E-state index is 13.0. The third-order valence-electron chi connectivity index (χ3n) is 5.47. The number of anilines is 2. The number of ether oxygens (including phenoxy) is 1. The summed E-state index contributed by atoms with van der Waals surface area (Å²) in [7, 11) is 1.65. The summed E-state index contributed by atoms with van der Waals surface area (Å²) in [6.45, 7) is 4.42. The molecule has 2 amide bonds. The van der Waals surface area contributed by atoms with E-state index in [1.54, 1.807) is 25.0 Å². The first-order valence-electron chi connectivity index (χ1n) is 9.45. The molecule has 0 spiro atoms. The summed E-state index contributed by atoms with van der Waals surface area (Å²) < 4.78 is 10.2. The van der Waals surface area contributed by atoms with Crippen molar-refractivity contribution in [3.05, 3.63) is 36.1 Å². The first-order valence-corrected chi connectivity index (χ1v) is 9.45. The molecule has 0 radical (unpaired) electrons. The van der Waals surface area contributed by atoms with E-state index in [1.807, 2.05) is 24.3 Å². The van der Waals surface area contributed by atoms with E-state index in [2.05, 4.69) is 15.4 Å². The molecule has 0 atom stereocenters. The molecule has 0 bridgehead atoms. The molecule has 8 heteroatoms. The van der Waals surface area contributed by atoms with Gasteiger partial charge in [0.1, 0.15) is 16.9 Å². The lowest BCUT2D eigenvalue weighted by atomic mass is 10.0. The van der Waals surface area contributed by atoms with E-state index in [1.165, 1.54) is 0 Å². The van der Waals surface area contributed by atoms with Crippen LogP contribution in [0.3, 0.4) is 0 Å². The van der Waals surface area contributed by atoms with Crippen molar-refractivity contribution in [3.63, 3.8) is 0 Å². The van der Waals surface area contributed by atoms with Gasteiger partial charge >= 0.3 is 0 Å². The van der Waals surface area contributed by atoms with Crippen LogP contribution in [0.15, 0.2) is 34.9 Å². The molecule has 28 heavy (non-hydrogen) atoms. The number of piperazine rings is 1. The molecule has 8 nitrogen and oxygen atoms in total. The highest BCUT2D eigenvalue weighted by Gasteiger charge is 2.58. The first-order chi connectivity index (χ1) is 13.5. The third kappa shape index (κ3) is 3.42. The van der Waals surface area contributed by atoms with E-state index in [0.29, 0.717) is 37.5 Å². The molecule has 2 heterocycles. The van der Waals surface area contributed by atoms with Crippen molar-refractivity contribution in [2.24, 2.45) is 5.41 Å². The fourth-order valence-corrected chi connectivity index (χ4v) is 3.59. The Morgan fingerprint density at radius 1 is 1.14 bits per heavy atom. The minimum Gasteiger partial charge on any atom is -0.497 e. The van der Waals surface area contributed by atoms with Crippen LogP contribution in [-0.4, -0.2) is 55.2 Å². The van der Waals surface area contributed by atoms with Crippen LogP contribution in [0.4, 0.5) is 11.5 Å². The number of benzene rings is 1. The Labute approximate surface area is 163 Å². The Balaban J connectivity index is 1.36. The van der Waals surface area contributed by atoms with Crippen LogP contribution in [0.1, 0.15) is 18.6 Å². The molecule has 2 aromatic rings. The zero-order chi connectivity index (χ0) is 19.7. The van der Waals surface area contributed by atoms with Crippen molar-refractivity contribution in [2.45, 2.75) is 19.8 Å². The van der Waals surface area contributed by atoms with Crippen LogP contribution in [0, 0.1) is 12.3 Å². The summed E-state index contributed by atoms with van der Waals surface area (Å²) in [5, 5.41) is 6.49. The number of hydrogen-bond acceptors (Lipinski definition) is 6. The van der Waals surface area contributed by atoms with Gasteiger partial charge in [-0.05, 0) is 44.0 Å². The molecule has 2 fully saturated rings. The number of aromatic nitrogens is 1. The van der Waals surface area contributed by atoms with Gasteiger partial charge in [-0.3, -0.25) is 9.59 Å². The number of methoxy groups -OCH3 is 1. The van der Waals surface area contributed by atoms with Crippen LogP contribution in [0.25, 0.3) is 0 Å². The quantitative estimate of drug-likeness (QED) is 0.794. The maximum Gasteiger partial charge on any atom is 0.241 e. The van der Waals surface area contributed by atoms with Crippen molar-refractivity contribution >= 4 is 23.3 Å². The van der Waals surface area contributed by atoms with Crippen molar-refractivity contribution in [2.75, 3.05) is 43.5 Å². The summed E-state index contributed by atoms with van der Waals surface area (Å²) in [5.74, 6) is 1.41. The molecule has 1 aliphatic heterocycles. The lowest BCUT2D eigenvalue weighted by Gasteiger charge is -2.37. The molecular formula is C20H24N4O4. The van der Waals surface area contributed by atoms with E-state index < -0.39 is 5.41 Å². The standard InChI is InChI=1S/C20H24N4O4/c1-14-13-17(22-28-14)21-18(25)20(7-8-20)19(26)24-11-9-23(10-12-24)15-3-5-16(27-2)6-4-15/h3-6,13H,7-12H2,1-2H3,(H,21,22,25). The minimum atomic E-state index is -0.949. The summed E-state index contributed by atoms with van der Waals surface area (Å²) in [4.78, 5) is 29.7. The van der Waals surface area contributed by atoms with Crippen molar-refractivity contribution < 1.29 is 18.8 Å². The zero-order valence-electron chi connectivity index (χ0n) is 16.1. The lowest BCUT2D eigenvalue weighted by Crippen LogP contribution is -2.52. The highest BCUT2D eigenvalue weighted by molar-refractivity contribution is 6.12. The molecule has 1 aromatic carbocycles. The second kappa shape index (κ2) is 7.18. The summed E-state index contributed by atoms with van der Waals surface area (Å²) in [6, 6.07) is 9.55. The van der Waals surface area contributed by atoms with Gasteiger partial charge in [-0.2, -0.15) is 0 Å². The smallest absolute Gasteiger partial charge is 0.241 e. The van der Waals surface area contributed by atoms with Gasteiger partial charge < -0.3 is 24.4 Å². The predicted molar refractivity (Wildman–Crippen MR) is 103 cm³/mol. The zero-order valence-corrected chi connectivity index (χ0v) is 16.1.